The number of rotatable bonds is 2. The molecule has 21 heavy (non-hydrogen) atoms. The van der Waals surface area contributed by atoms with E-state index in [-0.39, 0.29) is 13.2 Å². The molecule has 120 valence electrons. The van der Waals surface area contributed by atoms with Crippen molar-refractivity contribution in [2.45, 2.75) is 54.1 Å². The molecule has 0 amide bonds. The van der Waals surface area contributed by atoms with Crippen molar-refractivity contribution in [1.29, 1.82) is 0 Å². The molecule has 0 aliphatic carbocycles. The van der Waals surface area contributed by atoms with Gasteiger partial charge in [0, 0.05) is 0 Å². The Kier molecular flexibility index (Phi) is 2.95. The lowest BCUT2D eigenvalue weighted by Gasteiger charge is -2.49. The van der Waals surface area contributed by atoms with Crippen molar-refractivity contribution in [3.8, 4) is 0 Å². The van der Waals surface area contributed by atoms with Crippen molar-refractivity contribution < 1.29 is 44.5 Å². The SMILES string of the molecule is OC[C@H]1OC[C@H](O)[C@@H](O)[C@]1(O)[C@@]12O[C@H]1[C@H](O)[C@H]1CO[C@@H]2O1. The molecule has 0 aromatic heterocycles. The molecule has 4 saturated heterocycles. The summed E-state index contributed by atoms with van der Waals surface area (Å²) in [5.74, 6) is 0. The molecule has 4 aliphatic rings. The van der Waals surface area contributed by atoms with E-state index in [2.05, 4.69) is 0 Å². The number of hydrogen-bond donors (Lipinski definition) is 5. The highest BCUT2D eigenvalue weighted by Crippen LogP contribution is 2.59. The number of fused-ring (bicyclic) bond motifs is 4. The highest BCUT2D eigenvalue weighted by atomic mass is 16.8. The van der Waals surface area contributed by atoms with Crippen LogP contribution in [0.4, 0.5) is 0 Å². The van der Waals surface area contributed by atoms with E-state index < -0.39 is 60.7 Å². The Hall–Kier alpha value is -0.360. The van der Waals surface area contributed by atoms with Crippen LogP contribution in [0.2, 0.25) is 0 Å². The van der Waals surface area contributed by atoms with Crippen LogP contribution in [0.5, 0.6) is 0 Å². The summed E-state index contributed by atoms with van der Waals surface area (Å²) in [7, 11) is 0. The second-order valence-corrected chi connectivity index (χ2v) is 6.00. The Balaban J connectivity index is 1.76. The summed E-state index contributed by atoms with van der Waals surface area (Å²) < 4.78 is 21.6. The fourth-order valence-corrected chi connectivity index (χ4v) is 3.81. The van der Waals surface area contributed by atoms with Crippen LogP contribution in [0, 0.1) is 0 Å². The van der Waals surface area contributed by atoms with Crippen molar-refractivity contribution in [3.63, 3.8) is 0 Å². The fourth-order valence-electron chi connectivity index (χ4n) is 3.81. The van der Waals surface area contributed by atoms with E-state index in [1.165, 1.54) is 0 Å². The summed E-state index contributed by atoms with van der Waals surface area (Å²) in [5, 5.41) is 50.7. The minimum Gasteiger partial charge on any atom is -0.394 e. The van der Waals surface area contributed by atoms with Crippen LogP contribution in [0.3, 0.4) is 0 Å². The van der Waals surface area contributed by atoms with Gasteiger partial charge in [0.1, 0.15) is 36.6 Å². The van der Waals surface area contributed by atoms with Gasteiger partial charge >= 0.3 is 0 Å². The third kappa shape index (κ3) is 1.51. The molecule has 9 heteroatoms. The Bertz CT molecular complexity index is 442. The van der Waals surface area contributed by atoms with E-state index in [0.29, 0.717) is 0 Å². The van der Waals surface area contributed by atoms with Crippen molar-refractivity contribution in [3.05, 3.63) is 0 Å². The average Bonchev–Trinajstić information content (AvgIpc) is 3.10. The summed E-state index contributed by atoms with van der Waals surface area (Å²) in [6.45, 7) is -0.676. The monoisotopic (exact) mass is 306 g/mol. The van der Waals surface area contributed by atoms with Crippen LogP contribution in [-0.4, -0.2) is 99.5 Å². The quantitative estimate of drug-likeness (QED) is 0.323. The molecule has 0 saturated carbocycles. The molecule has 0 radical (unpaired) electrons. The van der Waals surface area contributed by atoms with Crippen LogP contribution in [0.25, 0.3) is 0 Å². The molecule has 0 spiro atoms. The number of aliphatic hydroxyl groups excluding tert-OH is 4. The Labute approximate surface area is 119 Å². The van der Waals surface area contributed by atoms with Gasteiger partial charge in [0.05, 0.1) is 19.8 Å². The Morgan fingerprint density at radius 3 is 2.57 bits per heavy atom. The minimum absolute atomic E-state index is 0.146. The molecule has 9 nitrogen and oxygen atoms in total. The summed E-state index contributed by atoms with van der Waals surface area (Å²) >= 11 is 0. The van der Waals surface area contributed by atoms with Gasteiger partial charge in [-0.05, 0) is 0 Å². The first kappa shape index (κ1) is 14.2. The lowest BCUT2D eigenvalue weighted by molar-refractivity contribution is -0.301. The van der Waals surface area contributed by atoms with E-state index in [9.17, 15) is 25.5 Å². The smallest absolute Gasteiger partial charge is 0.193 e. The first-order valence-electron chi connectivity index (χ1n) is 6.90. The second kappa shape index (κ2) is 4.34. The molecular formula is C12H18O9. The molecule has 0 aromatic carbocycles. The number of aliphatic hydroxyl groups is 5. The van der Waals surface area contributed by atoms with Gasteiger partial charge < -0.3 is 44.5 Å². The van der Waals surface area contributed by atoms with Crippen LogP contribution in [0.15, 0.2) is 0 Å². The van der Waals surface area contributed by atoms with Crippen LogP contribution in [0.1, 0.15) is 0 Å². The summed E-state index contributed by atoms with van der Waals surface area (Å²) in [5.41, 5.74) is -3.74. The van der Waals surface area contributed by atoms with Gasteiger partial charge in [0.2, 0.25) is 0 Å². The molecule has 9 atom stereocenters. The highest BCUT2D eigenvalue weighted by molar-refractivity contribution is 5.29. The van der Waals surface area contributed by atoms with Gasteiger partial charge in [-0.3, -0.25) is 0 Å². The van der Waals surface area contributed by atoms with Crippen LogP contribution < -0.4 is 0 Å². The van der Waals surface area contributed by atoms with Crippen LogP contribution in [-0.2, 0) is 18.9 Å². The van der Waals surface area contributed by atoms with E-state index >= 15 is 0 Å². The molecular weight excluding hydrogens is 288 g/mol. The first-order chi connectivity index (χ1) is 9.96. The van der Waals surface area contributed by atoms with E-state index in [0.717, 1.165) is 0 Å². The van der Waals surface area contributed by atoms with Crippen LogP contribution >= 0.6 is 0 Å². The predicted octanol–water partition coefficient (Wildman–Crippen LogP) is -3.92. The zero-order chi connectivity index (χ0) is 15.0. The van der Waals surface area contributed by atoms with E-state index in [1.807, 2.05) is 0 Å². The molecule has 0 unspecified atom stereocenters. The topological polar surface area (TPSA) is 141 Å². The van der Waals surface area contributed by atoms with Crippen molar-refractivity contribution in [2.75, 3.05) is 19.8 Å². The fraction of sp³-hybridized carbons (Fsp3) is 1.00. The van der Waals surface area contributed by atoms with Gasteiger partial charge in [-0.25, -0.2) is 0 Å². The third-order valence-corrected chi connectivity index (χ3v) is 5.01. The lowest BCUT2D eigenvalue weighted by Crippen LogP contribution is -2.75. The molecule has 4 rings (SSSR count). The predicted molar refractivity (Wildman–Crippen MR) is 62.0 cm³/mol. The summed E-state index contributed by atoms with van der Waals surface area (Å²) in [6, 6.07) is 0. The molecule has 4 fully saturated rings. The molecule has 5 N–H and O–H groups in total. The Morgan fingerprint density at radius 2 is 1.86 bits per heavy atom. The van der Waals surface area contributed by atoms with Gasteiger partial charge in [0.25, 0.3) is 0 Å². The maximum Gasteiger partial charge on any atom is 0.193 e. The highest BCUT2D eigenvalue weighted by Gasteiger charge is 2.84. The van der Waals surface area contributed by atoms with Gasteiger partial charge in [0.15, 0.2) is 17.5 Å². The maximum atomic E-state index is 11.0. The van der Waals surface area contributed by atoms with Gasteiger partial charge in [-0.2, -0.15) is 0 Å². The number of epoxide rings is 1. The zero-order valence-corrected chi connectivity index (χ0v) is 11.0. The summed E-state index contributed by atoms with van der Waals surface area (Å²) in [6.07, 6.45) is -7.59. The van der Waals surface area contributed by atoms with E-state index in [1.54, 1.807) is 0 Å². The second-order valence-electron chi connectivity index (χ2n) is 6.00. The number of ether oxygens (including phenoxy) is 4. The molecule has 4 heterocycles. The molecule has 4 aliphatic heterocycles. The maximum absolute atomic E-state index is 11.0. The van der Waals surface area contributed by atoms with Crippen molar-refractivity contribution in [2.24, 2.45) is 0 Å². The summed E-state index contributed by atoms with van der Waals surface area (Å²) in [4.78, 5) is 0. The number of hydrogen-bond acceptors (Lipinski definition) is 9. The zero-order valence-electron chi connectivity index (χ0n) is 11.0. The average molecular weight is 306 g/mol. The molecule has 0 aromatic rings. The third-order valence-electron chi connectivity index (χ3n) is 5.01. The van der Waals surface area contributed by atoms with Crippen molar-refractivity contribution in [1.82, 2.24) is 0 Å². The lowest BCUT2D eigenvalue weighted by atomic mass is 9.71. The standard InChI is InChI=1S/C12H18O9/c13-1-6-11(17,8(16)4(14)2-18-6)12-9(21-12)7(15)5-3-19-10(12)20-5/h4-10,13-17H,1-3H2/t4-,5+,6+,7+,8+,9-,10+,11-,12+/m0/s1. The van der Waals surface area contributed by atoms with Gasteiger partial charge in [-0.1, -0.05) is 0 Å². The normalized spacial score (nSPS) is 62.4. The van der Waals surface area contributed by atoms with E-state index in [4.69, 9.17) is 18.9 Å². The van der Waals surface area contributed by atoms with Gasteiger partial charge in [-0.15, -0.1) is 0 Å². The van der Waals surface area contributed by atoms with Crippen molar-refractivity contribution >= 4 is 0 Å². The minimum atomic E-state index is -2.16. The largest absolute Gasteiger partial charge is 0.394 e. The first-order valence-corrected chi connectivity index (χ1v) is 6.90. The Morgan fingerprint density at radius 1 is 1.10 bits per heavy atom. The molecule has 2 bridgehead atoms.